The first-order valence-corrected chi connectivity index (χ1v) is 13.2. The molecule has 0 unspecified atom stereocenters. The van der Waals surface area contributed by atoms with Gasteiger partial charge in [-0.25, -0.2) is 19.7 Å². The number of aryl methyl sites for hydroxylation is 3. The molecule has 0 bridgehead atoms. The highest BCUT2D eigenvalue weighted by Crippen LogP contribution is 2.23. The molecule has 0 saturated heterocycles. The fraction of sp³-hybridized carbons (Fsp3) is 0.500. The van der Waals surface area contributed by atoms with Gasteiger partial charge in [-0.15, -0.1) is 0 Å². The predicted octanol–water partition coefficient (Wildman–Crippen LogP) is 3.92. The standard InChI is InChI=1S/C28H38N6O3/c1-20-18-21-8-7-13-29-26(21)32-23(20)10-5-6-14-34(16-17-37-2)15-12-25(28(35)36)33-27-22-9-3-4-11-24(22)30-19-31-27/h3-4,9,11,18-19,25H,5-8,10,12-17H2,1-2H3,(H,29,32)(H,35,36)(H,30,31,33)/t25-/m0/s1. The first-order chi connectivity index (χ1) is 18.0. The summed E-state index contributed by atoms with van der Waals surface area (Å²) in [5.74, 6) is 0.707. The van der Waals surface area contributed by atoms with Crippen molar-refractivity contribution in [3.63, 3.8) is 0 Å². The number of aromatic nitrogens is 3. The van der Waals surface area contributed by atoms with Crippen LogP contribution in [0, 0.1) is 6.92 Å². The smallest absolute Gasteiger partial charge is 0.326 e. The van der Waals surface area contributed by atoms with Crippen LogP contribution < -0.4 is 10.6 Å². The molecular formula is C28H38N6O3. The molecule has 1 aromatic carbocycles. The summed E-state index contributed by atoms with van der Waals surface area (Å²) < 4.78 is 5.31. The molecule has 4 rings (SSSR count). The maximum atomic E-state index is 12.1. The van der Waals surface area contributed by atoms with Gasteiger partial charge in [0.2, 0.25) is 0 Å². The Bertz CT molecular complexity index is 1180. The largest absolute Gasteiger partial charge is 0.480 e. The van der Waals surface area contributed by atoms with Crippen molar-refractivity contribution in [3.8, 4) is 0 Å². The average Bonchev–Trinajstić information content (AvgIpc) is 2.91. The van der Waals surface area contributed by atoms with Crippen molar-refractivity contribution in [3.05, 3.63) is 53.5 Å². The maximum Gasteiger partial charge on any atom is 0.326 e. The molecular weight excluding hydrogens is 468 g/mol. The first-order valence-electron chi connectivity index (χ1n) is 13.2. The summed E-state index contributed by atoms with van der Waals surface area (Å²) in [6, 6.07) is 9.13. The molecule has 0 aliphatic carbocycles. The Balaban J connectivity index is 1.31. The lowest BCUT2D eigenvalue weighted by atomic mass is 10.0. The van der Waals surface area contributed by atoms with Crippen molar-refractivity contribution in [2.75, 3.05) is 50.5 Å². The number of aliphatic carboxylic acids is 1. The van der Waals surface area contributed by atoms with E-state index in [4.69, 9.17) is 9.72 Å². The van der Waals surface area contributed by atoms with Gasteiger partial charge in [0.1, 0.15) is 24.0 Å². The van der Waals surface area contributed by atoms with E-state index in [1.165, 1.54) is 29.6 Å². The number of nitrogens with one attached hydrogen (secondary N) is 2. The average molecular weight is 507 g/mol. The van der Waals surface area contributed by atoms with E-state index in [0.717, 1.165) is 62.0 Å². The van der Waals surface area contributed by atoms with E-state index >= 15 is 0 Å². The zero-order valence-electron chi connectivity index (χ0n) is 21.9. The van der Waals surface area contributed by atoms with Crippen LogP contribution in [0.4, 0.5) is 11.6 Å². The monoisotopic (exact) mass is 506 g/mol. The van der Waals surface area contributed by atoms with Gasteiger partial charge >= 0.3 is 5.97 Å². The van der Waals surface area contributed by atoms with Gasteiger partial charge in [-0.1, -0.05) is 18.2 Å². The molecule has 3 N–H and O–H groups in total. The number of nitrogens with zero attached hydrogens (tertiary/aromatic N) is 4. The van der Waals surface area contributed by atoms with Gasteiger partial charge in [-0.3, -0.25) is 0 Å². The summed E-state index contributed by atoms with van der Waals surface area (Å²) in [7, 11) is 1.69. The second kappa shape index (κ2) is 13.3. The third-order valence-corrected chi connectivity index (χ3v) is 6.95. The quantitative estimate of drug-likeness (QED) is 0.280. The van der Waals surface area contributed by atoms with Crippen LogP contribution in [0.2, 0.25) is 0 Å². The van der Waals surface area contributed by atoms with Gasteiger partial charge in [0.15, 0.2) is 0 Å². The molecule has 9 heteroatoms. The molecule has 1 atom stereocenters. The van der Waals surface area contributed by atoms with Crippen molar-refractivity contribution >= 4 is 28.5 Å². The number of anilines is 2. The molecule has 0 spiro atoms. The van der Waals surface area contributed by atoms with Crippen LogP contribution >= 0.6 is 0 Å². The zero-order chi connectivity index (χ0) is 26.0. The van der Waals surface area contributed by atoms with Gasteiger partial charge in [-0.05, 0) is 75.3 Å². The van der Waals surface area contributed by atoms with Gasteiger partial charge in [0.05, 0.1) is 12.1 Å². The first kappa shape index (κ1) is 26.8. The Morgan fingerprint density at radius 1 is 1.22 bits per heavy atom. The number of carboxylic acids is 1. The highest BCUT2D eigenvalue weighted by molar-refractivity contribution is 5.90. The lowest BCUT2D eigenvalue weighted by Gasteiger charge is -2.24. The van der Waals surface area contributed by atoms with Gasteiger partial charge in [0.25, 0.3) is 0 Å². The summed E-state index contributed by atoms with van der Waals surface area (Å²) in [6.07, 6.45) is 7.17. The highest BCUT2D eigenvalue weighted by atomic mass is 16.5. The van der Waals surface area contributed by atoms with Crippen LogP contribution in [-0.4, -0.2) is 76.9 Å². The molecule has 0 saturated carbocycles. The minimum atomic E-state index is -0.892. The molecule has 37 heavy (non-hydrogen) atoms. The number of hydrogen-bond acceptors (Lipinski definition) is 8. The number of unbranched alkanes of at least 4 members (excludes halogenated alkanes) is 1. The third kappa shape index (κ3) is 7.36. The zero-order valence-corrected chi connectivity index (χ0v) is 21.9. The number of methoxy groups -OCH3 is 1. The number of hydrogen-bond donors (Lipinski definition) is 3. The molecule has 0 fully saturated rings. The fourth-order valence-corrected chi connectivity index (χ4v) is 4.83. The Morgan fingerprint density at radius 2 is 2.08 bits per heavy atom. The minimum absolute atomic E-state index is 0.453. The lowest BCUT2D eigenvalue weighted by Crippen LogP contribution is -2.37. The van der Waals surface area contributed by atoms with Crippen molar-refractivity contribution < 1.29 is 14.6 Å². The van der Waals surface area contributed by atoms with Crippen LogP contribution in [0.5, 0.6) is 0 Å². The van der Waals surface area contributed by atoms with E-state index in [1.807, 2.05) is 24.3 Å². The van der Waals surface area contributed by atoms with E-state index in [2.05, 4.69) is 38.5 Å². The minimum Gasteiger partial charge on any atom is -0.480 e. The van der Waals surface area contributed by atoms with Crippen molar-refractivity contribution in [2.24, 2.45) is 0 Å². The normalized spacial score (nSPS) is 13.8. The number of pyridine rings is 1. The molecule has 0 radical (unpaired) electrons. The number of rotatable bonds is 14. The summed E-state index contributed by atoms with van der Waals surface area (Å²) in [5.41, 5.74) is 4.55. The van der Waals surface area contributed by atoms with Crippen LogP contribution in [-0.2, 0) is 22.4 Å². The summed E-state index contributed by atoms with van der Waals surface area (Å²) >= 11 is 0. The molecule has 1 aliphatic heterocycles. The Labute approximate surface area is 218 Å². The molecule has 1 aliphatic rings. The second-order valence-corrected chi connectivity index (χ2v) is 9.64. The molecule has 3 heterocycles. The number of benzene rings is 1. The van der Waals surface area contributed by atoms with Gasteiger partial charge in [0, 0.05) is 37.8 Å². The van der Waals surface area contributed by atoms with Gasteiger partial charge < -0.3 is 25.4 Å². The maximum absolute atomic E-state index is 12.1. The summed E-state index contributed by atoms with van der Waals surface area (Å²) in [5, 5.41) is 17.3. The van der Waals surface area contributed by atoms with E-state index in [-0.39, 0.29) is 0 Å². The number of fused-ring (bicyclic) bond motifs is 2. The van der Waals surface area contributed by atoms with Crippen molar-refractivity contribution in [2.45, 2.75) is 51.5 Å². The molecule has 9 nitrogen and oxygen atoms in total. The summed E-state index contributed by atoms with van der Waals surface area (Å²) in [4.78, 5) is 27.8. The Morgan fingerprint density at radius 3 is 2.92 bits per heavy atom. The van der Waals surface area contributed by atoms with Crippen molar-refractivity contribution in [1.29, 1.82) is 0 Å². The summed E-state index contributed by atoms with van der Waals surface area (Å²) in [6.45, 7) is 6.06. The van der Waals surface area contributed by atoms with E-state index in [0.29, 0.717) is 25.4 Å². The SMILES string of the molecule is COCCN(CCCCc1nc2c(cc1C)CCCN2)CC[C@H](Nc1ncnc2ccccc12)C(=O)O. The number of carboxylic acid groups (broad SMARTS) is 1. The number of carbonyl (C=O) groups is 1. The third-order valence-electron chi connectivity index (χ3n) is 6.95. The molecule has 0 amide bonds. The second-order valence-electron chi connectivity index (χ2n) is 9.64. The van der Waals surface area contributed by atoms with Gasteiger partial charge in [-0.2, -0.15) is 0 Å². The van der Waals surface area contributed by atoms with Crippen molar-refractivity contribution in [1.82, 2.24) is 19.9 Å². The number of ether oxygens (including phenoxy) is 1. The molecule has 198 valence electrons. The van der Waals surface area contributed by atoms with Crippen LogP contribution in [0.25, 0.3) is 10.9 Å². The fourth-order valence-electron chi connectivity index (χ4n) is 4.83. The topological polar surface area (TPSA) is 113 Å². The van der Waals surface area contributed by atoms with Crippen LogP contribution in [0.3, 0.4) is 0 Å². The molecule has 2 aromatic heterocycles. The van der Waals surface area contributed by atoms with E-state index < -0.39 is 12.0 Å². The lowest BCUT2D eigenvalue weighted by molar-refractivity contribution is -0.138. The predicted molar refractivity (Wildman–Crippen MR) is 146 cm³/mol. The van der Waals surface area contributed by atoms with Crippen LogP contribution in [0.15, 0.2) is 36.7 Å². The number of para-hydroxylation sites is 1. The Hall–Kier alpha value is -3.30. The van der Waals surface area contributed by atoms with E-state index in [9.17, 15) is 9.90 Å². The highest BCUT2D eigenvalue weighted by Gasteiger charge is 2.20. The Kier molecular flexibility index (Phi) is 9.62. The van der Waals surface area contributed by atoms with Crippen LogP contribution in [0.1, 0.15) is 42.5 Å². The molecule has 3 aromatic rings. The van der Waals surface area contributed by atoms with E-state index in [1.54, 1.807) is 7.11 Å².